The Hall–Kier alpha value is -2.10. The van der Waals surface area contributed by atoms with Crippen molar-refractivity contribution in [3.05, 3.63) is 46.2 Å². The highest BCUT2D eigenvalue weighted by molar-refractivity contribution is 5.95. The number of hydrogen-bond acceptors (Lipinski definition) is 2. The van der Waals surface area contributed by atoms with Crippen LogP contribution >= 0.6 is 0 Å². The van der Waals surface area contributed by atoms with Gasteiger partial charge in [-0.2, -0.15) is 0 Å². The van der Waals surface area contributed by atoms with E-state index in [0.717, 1.165) is 11.3 Å². The topological polar surface area (TPSA) is 54.9 Å². The summed E-state index contributed by atoms with van der Waals surface area (Å²) in [5.41, 5.74) is 2.10. The lowest BCUT2D eigenvalue weighted by Gasteiger charge is -2.00. The zero-order valence-electron chi connectivity index (χ0n) is 9.15. The third-order valence-corrected chi connectivity index (χ3v) is 2.47. The van der Waals surface area contributed by atoms with Crippen LogP contribution in [0.25, 0.3) is 11.3 Å². The highest BCUT2D eigenvalue weighted by Crippen LogP contribution is 2.16. The fraction of sp³-hybridized carbons (Fsp3) is 0.167. The fourth-order valence-electron chi connectivity index (χ4n) is 1.54. The van der Waals surface area contributed by atoms with E-state index >= 15 is 0 Å². The summed E-state index contributed by atoms with van der Waals surface area (Å²) in [6.07, 6.45) is 0. The Labute approximate surface area is 92.5 Å². The van der Waals surface area contributed by atoms with Crippen molar-refractivity contribution in [1.82, 2.24) is 9.78 Å². The van der Waals surface area contributed by atoms with Gasteiger partial charge in [-0.15, -0.1) is 0 Å². The van der Waals surface area contributed by atoms with E-state index in [1.807, 2.05) is 6.07 Å². The van der Waals surface area contributed by atoms with E-state index in [-0.39, 0.29) is 11.3 Å². The van der Waals surface area contributed by atoms with Crippen LogP contribution in [-0.4, -0.2) is 15.6 Å². The maximum atomic E-state index is 11.3. The van der Waals surface area contributed by atoms with E-state index in [9.17, 15) is 9.59 Å². The van der Waals surface area contributed by atoms with Crippen LogP contribution in [0, 0.1) is 0 Å². The van der Waals surface area contributed by atoms with Crippen LogP contribution in [0.3, 0.4) is 0 Å². The Morgan fingerprint density at radius 1 is 1.31 bits per heavy atom. The van der Waals surface area contributed by atoms with Crippen molar-refractivity contribution in [2.75, 3.05) is 0 Å². The van der Waals surface area contributed by atoms with Crippen LogP contribution in [0.5, 0.6) is 0 Å². The molecule has 1 N–H and O–H groups in total. The Balaban J connectivity index is 2.52. The summed E-state index contributed by atoms with van der Waals surface area (Å²) in [6.45, 7) is 1.52. The van der Waals surface area contributed by atoms with Crippen LogP contribution in [0.4, 0.5) is 0 Å². The Morgan fingerprint density at radius 2 is 2.06 bits per heavy atom. The lowest BCUT2D eigenvalue weighted by molar-refractivity contribution is 0.101. The summed E-state index contributed by atoms with van der Waals surface area (Å²) in [5, 5.41) is 2.92. The smallest absolute Gasteiger partial charge is 0.266 e. The first kappa shape index (κ1) is 10.4. The SMILES string of the molecule is CC(=O)c1cccc(-c2cc(=O)n(C)[nH]2)c1. The molecule has 4 nitrogen and oxygen atoms in total. The molecular weight excluding hydrogens is 204 g/mol. The summed E-state index contributed by atoms with van der Waals surface area (Å²) in [7, 11) is 1.65. The molecule has 1 heterocycles. The average Bonchev–Trinajstić information content (AvgIpc) is 2.59. The van der Waals surface area contributed by atoms with Crippen molar-refractivity contribution in [1.29, 1.82) is 0 Å². The van der Waals surface area contributed by atoms with Crippen molar-refractivity contribution >= 4 is 5.78 Å². The summed E-state index contributed by atoms with van der Waals surface area (Å²) < 4.78 is 1.40. The molecule has 0 unspecified atom stereocenters. The van der Waals surface area contributed by atoms with Gasteiger partial charge in [0.2, 0.25) is 0 Å². The van der Waals surface area contributed by atoms with Crippen LogP contribution in [0.1, 0.15) is 17.3 Å². The predicted molar refractivity (Wildman–Crippen MR) is 61.5 cm³/mol. The summed E-state index contributed by atoms with van der Waals surface area (Å²) in [5.74, 6) is 0.0140. The molecule has 2 aromatic rings. The van der Waals surface area contributed by atoms with Gasteiger partial charge in [-0.3, -0.25) is 19.4 Å². The normalized spacial score (nSPS) is 10.4. The molecule has 2 rings (SSSR count). The molecule has 0 atom stereocenters. The molecule has 0 fully saturated rings. The molecule has 0 aliphatic heterocycles. The van der Waals surface area contributed by atoms with Crippen molar-refractivity contribution < 1.29 is 4.79 Å². The number of aromatic nitrogens is 2. The average molecular weight is 216 g/mol. The van der Waals surface area contributed by atoms with E-state index in [4.69, 9.17) is 0 Å². The van der Waals surface area contributed by atoms with E-state index in [2.05, 4.69) is 5.10 Å². The van der Waals surface area contributed by atoms with Crippen LogP contribution < -0.4 is 5.56 Å². The number of nitrogens with zero attached hydrogens (tertiary/aromatic N) is 1. The largest absolute Gasteiger partial charge is 0.295 e. The number of ketones is 1. The molecule has 0 bridgehead atoms. The summed E-state index contributed by atoms with van der Waals surface area (Å²) >= 11 is 0. The quantitative estimate of drug-likeness (QED) is 0.775. The molecule has 0 radical (unpaired) electrons. The number of hydrogen-bond donors (Lipinski definition) is 1. The lowest BCUT2D eigenvalue weighted by atomic mass is 10.1. The minimum atomic E-state index is -0.0942. The minimum Gasteiger partial charge on any atom is -0.295 e. The van der Waals surface area contributed by atoms with Gasteiger partial charge in [-0.05, 0) is 13.0 Å². The highest BCUT2D eigenvalue weighted by atomic mass is 16.1. The number of H-pyrrole nitrogens is 1. The second kappa shape index (κ2) is 3.81. The fourth-order valence-corrected chi connectivity index (χ4v) is 1.54. The van der Waals surface area contributed by atoms with Crippen LogP contribution in [0.15, 0.2) is 35.1 Å². The van der Waals surface area contributed by atoms with Gasteiger partial charge in [0.1, 0.15) is 0 Å². The predicted octanol–water partition coefficient (Wildman–Crippen LogP) is 1.58. The number of benzene rings is 1. The van der Waals surface area contributed by atoms with Crippen molar-refractivity contribution in [2.24, 2.45) is 7.05 Å². The van der Waals surface area contributed by atoms with Crippen LogP contribution in [0.2, 0.25) is 0 Å². The van der Waals surface area contributed by atoms with Gasteiger partial charge in [0.05, 0.1) is 5.69 Å². The van der Waals surface area contributed by atoms with Gasteiger partial charge in [0, 0.05) is 24.2 Å². The summed E-state index contributed by atoms with van der Waals surface area (Å²) in [4.78, 5) is 22.5. The molecule has 1 aromatic carbocycles. The maximum Gasteiger partial charge on any atom is 0.266 e. The molecule has 16 heavy (non-hydrogen) atoms. The zero-order chi connectivity index (χ0) is 11.7. The van der Waals surface area contributed by atoms with Gasteiger partial charge >= 0.3 is 0 Å². The Bertz CT molecular complexity index is 593. The number of aryl methyl sites for hydroxylation is 1. The van der Waals surface area contributed by atoms with Gasteiger partial charge in [0.25, 0.3) is 5.56 Å². The van der Waals surface area contributed by atoms with Gasteiger partial charge in [0.15, 0.2) is 5.78 Å². The zero-order valence-corrected chi connectivity index (χ0v) is 9.15. The molecule has 0 spiro atoms. The first-order valence-corrected chi connectivity index (χ1v) is 4.95. The second-order valence-corrected chi connectivity index (χ2v) is 3.70. The maximum absolute atomic E-state index is 11.3. The number of aromatic amines is 1. The van der Waals surface area contributed by atoms with Crippen LogP contribution in [-0.2, 0) is 7.05 Å². The number of Topliss-reactive ketones (excluding diaryl/α,β-unsaturated/α-hetero) is 1. The van der Waals surface area contributed by atoms with Gasteiger partial charge in [-0.25, -0.2) is 0 Å². The van der Waals surface area contributed by atoms with E-state index < -0.39 is 0 Å². The van der Waals surface area contributed by atoms with Crippen molar-refractivity contribution in [2.45, 2.75) is 6.92 Å². The van der Waals surface area contributed by atoms with Crippen molar-refractivity contribution in [3.63, 3.8) is 0 Å². The first-order valence-electron chi connectivity index (χ1n) is 4.95. The lowest BCUT2D eigenvalue weighted by Crippen LogP contribution is -2.09. The summed E-state index contributed by atoms with van der Waals surface area (Å²) in [6, 6.07) is 8.70. The monoisotopic (exact) mass is 216 g/mol. The molecule has 0 amide bonds. The third-order valence-electron chi connectivity index (χ3n) is 2.47. The van der Waals surface area contributed by atoms with E-state index in [0.29, 0.717) is 5.56 Å². The standard InChI is InChI=1S/C12H12N2O2/c1-8(15)9-4-3-5-10(6-9)11-7-12(16)14(2)13-11/h3-7,13H,1-2H3. The van der Waals surface area contributed by atoms with Crippen molar-refractivity contribution in [3.8, 4) is 11.3 Å². The molecule has 0 saturated carbocycles. The molecular formula is C12H12N2O2. The Kier molecular flexibility index (Phi) is 2.48. The number of carbonyl (C=O) groups is 1. The van der Waals surface area contributed by atoms with Gasteiger partial charge < -0.3 is 0 Å². The first-order chi connectivity index (χ1) is 7.58. The highest BCUT2D eigenvalue weighted by Gasteiger charge is 2.05. The molecule has 1 aromatic heterocycles. The number of nitrogens with one attached hydrogen (secondary N) is 1. The van der Waals surface area contributed by atoms with Gasteiger partial charge in [-0.1, -0.05) is 18.2 Å². The number of rotatable bonds is 2. The van der Waals surface area contributed by atoms with E-state index in [1.54, 1.807) is 25.2 Å². The molecule has 82 valence electrons. The number of carbonyl (C=O) groups excluding carboxylic acids is 1. The molecule has 0 saturated heterocycles. The third kappa shape index (κ3) is 1.82. The second-order valence-electron chi connectivity index (χ2n) is 3.70. The van der Waals surface area contributed by atoms with E-state index in [1.165, 1.54) is 17.7 Å². The molecule has 4 heteroatoms. The Morgan fingerprint density at radius 3 is 2.62 bits per heavy atom. The molecule has 0 aliphatic rings. The minimum absolute atomic E-state index is 0.0140. The molecule has 0 aliphatic carbocycles.